The molecule has 3 rings (SSSR count). The van der Waals surface area contributed by atoms with Gasteiger partial charge in [-0.3, -0.25) is 4.55 Å². The molecule has 0 unspecified atom stereocenters. The fraction of sp³-hybridized carbons (Fsp3) is 0.182. The van der Waals surface area contributed by atoms with Gasteiger partial charge in [-0.2, -0.15) is 8.42 Å². The Morgan fingerprint density at radius 1 is 1.38 bits per heavy atom. The van der Waals surface area contributed by atoms with Crippen molar-refractivity contribution in [3.05, 3.63) is 21.5 Å². The number of ether oxygens (including phenoxy) is 2. The van der Waals surface area contributed by atoms with Crippen molar-refractivity contribution >= 4 is 72.6 Å². The van der Waals surface area contributed by atoms with E-state index in [1.165, 1.54) is 33.9 Å². The van der Waals surface area contributed by atoms with E-state index in [9.17, 15) is 13.0 Å². The van der Waals surface area contributed by atoms with Crippen molar-refractivity contribution in [3.63, 3.8) is 0 Å². The van der Waals surface area contributed by atoms with E-state index in [0.717, 1.165) is 19.8 Å². The molecule has 21 heavy (non-hydrogen) atoms. The van der Waals surface area contributed by atoms with Gasteiger partial charge in [-0.15, -0.1) is 0 Å². The van der Waals surface area contributed by atoms with Gasteiger partial charge in [0.15, 0.2) is 0 Å². The summed E-state index contributed by atoms with van der Waals surface area (Å²) >= 11 is 5.23. The topological polar surface area (TPSA) is 72.8 Å². The Morgan fingerprint density at radius 3 is 2.71 bits per heavy atom. The zero-order chi connectivity index (χ0) is 14.5. The summed E-state index contributed by atoms with van der Waals surface area (Å²) < 4.78 is 43.3. The second-order valence-electron chi connectivity index (χ2n) is 4.02. The van der Waals surface area contributed by atoms with Crippen LogP contribution in [-0.4, -0.2) is 49.6 Å². The van der Waals surface area contributed by atoms with Crippen molar-refractivity contribution in [2.45, 2.75) is 11.5 Å². The van der Waals surface area contributed by atoms with Crippen LogP contribution in [-0.2, 0) is 16.7 Å². The van der Waals surface area contributed by atoms with Gasteiger partial charge in [-0.25, -0.2) is 0 Å². The third kappa shape index (κ3) is 3.06. The van der Waals surface area contributed by atoms with E-state index in [2.05, 4.69) is 0 Å². The standard InChI is InChI=1S/C11H8O5S4.Na/c1-15-8-2-5-7(3-9(8)20(12,13)14)16-4-6-10(5)18-19-11(6)17;/h2-3H,4H2,1H3,(H,12,13,14);. The van der Waals surface area contributed by atoms with E-state index in [-0.39, 0.29) is 40.2 Å². The van der Waals surface area contributed by atoms with Crippen LogP contribution in [0.1, 0.15) is 5.56 Å². The normalized spacial score (nSPS) is 12.7. The van der Waals surface area contributed by atoms with E-state index in [4.69, 9.17) is 21.7 Å². The molecule has 1 aliphatic heterocycles. The summed E-state index contributed by atoms with van der Waals surface area (Å²) in [5, 5.41) is 0. The van der Waals surface area contributed by atoms with Gasteiger partial charge in [0, 0.05) is 46.8 Å². The van der Waals surface area contributed by atoms with Gasteiger partial charge in [0.2, 0.25) is 0 Å². The van der Waals surface area contributed by atoms with Crippen LogP contribution in [0.2, 0.25) is 0 Å². The van der Waals surface area contributed by atoms with Crippen LogP contribution in [0.4, 0.5) is 0 Å². The molecule has 0 fully saturated rings. The Kier molecular flexibility index (Phi) is 5.16. The second-order valence-corrected chi connectivity index (χ2v) is 8.23. The molecule has 10 heteroatoms. The number of rotatable bonds is 2. The molecule has 0 spiro atoms. The summed E-state index contributed by atoms with van der Waals surface area (Å²) in [6, 6.07) is 2.83. The second kappa shape index (κ2) is 6.25. The maximum absolute atomic E-state index is 11.4. The summed E-state index contributed by atoms with van der Waals surface area (Å²) in [4.78, 5) is 0.655. The predicted molar refractivity (Wildman–Crippen MR) is 84.9 cm³/mol. The van der Waals surface area contributed by atoms with E-state index in [1.54, 1.807) is 6.07 Å². The average molecular weight is 371 g/mol. The molecule has 0 amide bonds. The van der Waals surface area contributed by atoms with E-state index in [1.807, 2.05) is 0 Å². The molecule has 1 aliphatic rings. The van der Waals surface area contributed by atoms with Crippen molar-refractivity contribution in [1.29, 1.82) is 0 Å². The van der Waals surface area contributed by atoms with E-state index >= 15 is 0 Å². The molecule has 1 radical (unpaired) electrons. The van der Waals surface area contributed by atoms with Crippen molar-refractivity contribution in [2.75, 3.05) is 7.11 Å². The molecule has 1 aromatic heterocycles. The SMILES string of the molecule is COc1cc2c(cc1S(=O)(=O)O)OCc1c-2ssc1=S.[Na]. The minimum Gasteiger partial charge on any atom is -0.495 e. The van der Waals surface area contributed by atoms with Crippen LogP contribution in [0.15, 0.2) is 17.0 Å². The van der Waals surface area contributed by atoms with Crippen LogP contribution in [0.25, 0.3) is 10.4 Å². The molecule has 2 aromatic rings. The maximum Gasteiger partial charge on any atom is 0.298 e. The number of hydrogen-bond acceptors (Lipinski definition) is 7. The molecule has 5 nitrogen and oxygen atoms in total. The predicted octanol–water partition coefficient (Wildman–Crippen LogP) is 2.97. The average Bonchev–Trinajstić information content (AvgIpc) is 2.78. The van der Waals surface area contributed by atoms with Gasteiger partial charge in [-0.05, 0) is 6.07 Å². The zero-order valence-electron chi connectivity index (χ0n) is 11.1. The molecule has 0 bridgehead atoms. The maximum atomic E-state index is 11.4. The fourth-order valence-electron chi connectivity index (χ4n) is 1.95. The zero-order valence-corrected chi connectivity index (χ0v) is 16.3. The molecular formula is C11H8NaO5S4. The molecule has 107 valence electrons. The van der Waals surface area contributed by atoms with E-state index in [0.29, 0.717) is 12.4 Å². The van der Waals surface area contributed by atoms with Gasteiger partial charge < -0.3 is 9.47 Å². The minimum atomic E-state index is -4.37. The Labute approximate surface area is 156 Å². The Bertz CT molecular complexity index is 852. The Morgan fingerprint density at radius 2 is 2.10 bits per heavy atom. The number of fused-ring (bicyclic) bond motifs is 3. The summed E-state index contributed by atoms with van der Waals surface area (Å²) in [5.41, 5.74) is 1.66. The Balaban J connectivity index is 0.00000161. The monoisotopic (exact) mass is 371 g/mol. The molecular weight excluding hydrogens is 363 g/mol. The van der Waals surface area contributed by atoms with Crippen molar-refractivity contribution in [1.82, 2.24) is 0 Å². The minimum absolute atomic E-state index is 0. The summed E-state index contributed by atoms with van der Waals surface area (Å²) in [7, 11) is -0.0348. The first-order valence-corrected chi connectivity index (χ1v) is 9.36. The van der Waals surface area contributed by atoms with E-state index < -0.39 is 10.1 Å². The van der Waals surface area contributed by atoms with Crippen LogP contribution in [0, 0.1) is 3.82 Å². The first kappa shape index (κ1) is 17.4. The number of hydrogen-bond donors (Lipinski definition) is 1. The summed E-state index contributed by atoms with van der Waals surface area (Å²) in [6.07, 6.45) is 0. The van der Waals surface area contributed by atoms with Crippen LogP contribution >= 0.6 is 32.9 Å². The molecule has 0 atom stereocenters. The van der Waals surface area contributed by atoms with Gasteiger partial charge in [-0.1, -0.05) is 32.9 Å². The van der Waals surface area contributed by atoms with Gasteiger partial charge in [0.25, 0.3) is 10.1 Å². The van der Waals surface area contributed by atoms with Crippen LogP contribution in [0.5, 0.6) is 11.5 Å². The van der Waals surface area contributed by atoms with Gasteiger partial charge in [0.05, 0.1) is 12.0 Å². The van der Waals surface area contributed by atoms with Gasteiger partial charge >= 0.3 is 0 Å². The van der Waals surface area contributed by atoms with Crippen molar-refractivity contribution in [2.24, 2.45) is 0 Å². The molecule has 0 saturated carbocycles. The first-order valence-electron chi connectivity index (χ1n) is 5.36. The van der Waals surface area contributed by atoms with Crippen molar-refractivity contribution < 1.29 is 22.4 Å². The molecule has 0 aliphatic carbocycles. The molecule has 0 saturated heterocycles. The first-order chi connectivity index (χ1) is 9.41. The summed E-state index contributed by atoms with van der Waals surface area (Å²) in [5.74, 6) is 0.474. The largest absolute Gasteiger partial charge is 0.495 e. The quantitative estimate of drug-likeness (QED) is 0.379. The Hall–Kier alpha value is 0.000000000000000222. The van der Waals surface area contributed by atoms with Crippen LogP contribution < -0.4 is 9.47 Å². The van der Waals surface area contributed by atoms with Crippen LogP contribution in [0.3, 0.4) is 0 Å². The number of benzene rings is 1. The third-order valence-electron chi connectivity index (χ3n) is 2.88. The molecule has 1 aromatic carbocycles. The smallest absolute Gasteiger partial charge is 0.298 e. The van der Waals surface area contributed by atoms with Gasteiger partial charge in [0.1, 0.15) is 26.8 Å². The van der Waals surface area contributed by atoms with Crippen molar-refractivity contribution in [3.8, 4) is 21.9 Å². The molecule has 1 N–H and O–H groups in total. The number of methoxy groups -OCH3 is 1. The summed E-state index contributed by atoms with van der Waals surface area (Å²) in [6.45, 7) is 0.304. The fourth-order valence-corrected chi connectivity index (χ4v) is 5.48. The third-order valence-corrected chi connectivity index (χ3v) is 6.93. The molecule has 2 heterocycles.